The fourth-order valence-electron chi connectivity index (χ4n) is 1.86. The first kappa shape index (κ1) is 13.0. The zero-order valence-corrected chi connectivity index (χ0v) is 9.67. The molecule has 0 bridgehead atoms. The number of ether oxygens (including phenoxy) is 2. The molecule has 0 radical (unpaired) electrons. The van der Waals surface area contributed by atoms with Gasteiger partial charge in [-0.2, -0.15) is 0 Å². The fraction of sp³-hybridized carbons (Fsp3) is 0.500. The SMILES string of the molecule is FC(F)(F)Oc1ccccc1OC1CCCNC1. The van der Waals surface area contributed by atoms with Gasteiger partial charge in [-0.05, 0) is 31.5 Å². The number of nitrogens with one attached hydrogen (secondary N) is 1. The molecule has 1 aromatic rings. The molecular formula is C12H14F3NO2. The van der Waals surface area contributed by atoms with E-state index in [4.69, 9.17) is 4.74 Å². The monoisotopic (exact) mass is 261 g/mol. The lowest BCUT2D eigenvalue weighted by molar-refractivity contribution is -0.275. The number of halogens is 3. The number of hydrogen-bond donors (Lipinski definition) is 1. The molecule has 3 nitrogen and oxygen atoms in total. The second kappa shape index (κ2) is 5.48. The highest BCUT2D eigenvalue weighted by Gasteiger charge is 2.32. The molecule has 1 N–H and O–H groups in total. The van der Waals surface area contributed by atoms with E-state index in [2.05, 4.69) is 10.1 Å². The molecule has 100 valence electrons. The van der Waals surface area contributed by atoms with Crippen LogP contribution in [0, 0.1) is 0 Å². The minimum absolute atomic E-state index is 0.114. The van der Waals surface area contributed by atoms with Crippen molar-refractivity contribution in [2.75, 3.05) is 13.1 Å². The molecule has 18 heavy (non-hydrogen) atoms. The van der Waals surface area contributed by atoms with Crippen LogP contribution < -0.4 is 14.8 Å². The molecule has 2 rings (SSSR count). The molecule has 1 heterocycles. The summed E-state index contributed by atoms with van der Waals surface area (Å²) < 4.78 is 46.1. The lowest BCUT2D eigenvalue weighted by Gasteiger charge is -2.25. The number of benzene rings is 1. The number of para-hydroxylation sites is 2. The van der Waals surface area contributed by atoms with Gasteiger partial charge in [-0.15, -0.1) is 13.2 Å². The Morgan fingerprint density at radius 1 is 1.17 bits per heavy atom. The first-order chi connectivity index (χ1) is 8.54. The standard InChI is InChI=1S/C12H14F3NO2/c13-12(14,15)18-11-6-2-1-5-10(11)17-9-4-3-7-16-8-9/h1-2,5-6,9,16H,3-4,7-8H2. The predicted molar refractivity (Wildman–Crippen MR) is 59.6 cm³/mol. The van der Waals surface area contributed by atoms with Gasteiger partial charge in [0.05, 0.1) is 0 Å². The third kappa shape index (κ3) is 3.80. The largest absolute Gasteiger partial charge is 0.573 e. The Balaban J connectivity index is 2.06. The highest BCUT2D eigenvalue weighted by atomic mass is 19.4. The van der Waals surface area contributed by atoms with Gasteiger partial charge in [0.1, 0.15) is 6.10 Å². The molecule has 1 fully saturated rings. The third-order valence-electron chi connectivity index (χ3n) is 2.62. The van der Waals surface area contributed by atoms with E-state index >= 15 is 0 Å². The van der Waals surface area contributed by atoms with Crippen LogP contribution in [0.5, 0.6) is 11.5 Å². The first-order valence-electron chi connectivity index (χ1n) is 5.77. The quantitative estimate of drug-likeness (QED) is 0.907. The van der Waals surface area contributed by atoms with Crippen molar-refractivity contribution in [2.45, 2.75) is 25.3 Å². The highest BCUT2D eigenvalue weighted by molar-refractivity contribution is 5.39. The predicted octanol–water partition coefficient (Wildman–Crippen LogP) is 2.72. The summed E-state index contributed by atoms with van der Waals surface area (Å²) in [6.45, 7) is 1.56. The zero-order chi connectivity index (χ0) is 13.0. The smallest absolute Gasteiger partial charge is 0.485 e. The van der Waals surface area contributed by atoms with Crippen LogP contribution in [0.1, 0.15) is 12.8 Å². The van der Waals surface area contributed by atoms with Crippen molar-refractivity contribution >= 4 is 0 Å². The summed E-state index contributed by atoms with van der Waals surface area (Å²) in [7, 11) is 0. The minimum Gasteiger partial charge on any atom is -0.485 e. The Morgan fingerprint density at radius 3 is 2.50 bits per heavy atom. The number of piperidine rings is 1. The highest BCUT2D eigenvalue weighted by Crippen LogP contribution is 2.32. The van der Waals surface area contributed by atoms with Gasteiger partial charge in [0.25, 0.3) is 0 Å². The van der Waals surface area contributed by atoms with Crippen molar-refractivity contribution in [3.8, 4) is 11.5 Å². The molecule has 0 aromatic heterocycles. The van der Waals surface area contributed by atoms with E-state index in [0.29, 0.717) is 6.54 Å². The van der Waals surface area contributed by atoms with Crippen LogP contribution in [0.3, 0.4) is 0 Å². The maximum atomic E-state index is 12.2. The normalized spacial score (nSPS) is 20.5. The minimum atomic E-state index is -4.70. The molecule has 0 spiro atoms. The number of rotatable bonds is 3. The van der Waals surface area contributed by atoms with E-state index in [-0.39, 0.29) is 17.6 Å². The molecule has 1 aliphatic heterocycles. The van der Waals surface area contributed by atoms with E-state index in [9.17, 15) is 13.2 Å². The summed E-state index contributed by atoms with van der Waals surface area (Å²) in [5, 5.41) is 3.13. The lowest BCUT2D eigenvalue weighted by Crippen LogP contribution is -2.37. The topological polar surface area (TPSA) is 30.5 Å². The summed E-state index contributed by atoms with van der Waals surface area (Å²) in [4.78, 5) is 0. The van der Waals surface area contributed by atoms with Crippen LogP contribution in [0.4, 0.5) is 13.2 Å². The molecule has 1 aromatic carbocycles. The van der Waals surface area contributed by atoms with Gasteiger partial charge in [0, 0.05) is 6.54 Å². The van der Waals surface area contributed by atoms with E-state index in [1.54, 1.807) is 6.07 Å². The molecule has 1 atom stereocenters. The summed E-state index contributed by atoms with van der Waals surface area (Å²) in [6.07, 6.45) is -3.04. The Bertz CT molecular complexity index is 389. The maximum absolute atomic E-state index is 12.2. The summed E-state index contributed by atoms with van der Waals surface area (Å²) in [6, 6.07) is 5.83. The number of hydrogen-bond acceptors (Lipinski definition) is 3. The molecule has 0 aliphatic carbocycles. The number of alkyl halides is 3. The average Bonchev–Trinajstić information content (AvgIpc) is 2.31. The van der Waals surface area contributed by atoms with E-state index in [0.717, 1.165) is 19.4 Å². The van der Waals surface area contributed by atoms with Gasteiger partial charge in [-0.25, -0.2) is 0 Å². The Morgan fingerprint density at radius 2 is 1.89 bits per heavy atom. The lowest BCUT2D eigenvalue weighted by atomic mass is 10.1. The van der Waals surface area contributed by atoms with Crippen molar-refractivity contribution in [2.24, 2.45) is 0 Å². The van der Waals surface area contributed by atoms with Crippen LogP contribution in [0.25, 0.3) is 0 Å². The summed E-state index contributed by atoms with van der Waals surface area (Å²) in [5.41, 5.74) is 0. The van der Waals surface area contributed by atoms with Crippen LogP contribution in [-0.4, -0.2) is 25.6 Å². The zero-order valence-electron chi connectivity index (χ0n) is 9.67. The Hall–Kier alpha value is -1.43. The Kier molecular flexibility index (Phi) is 3.96. The molecule has 0 saturated carbocycles. The van der Waals surface area contributed by atoms with Crippen molar-refractivity contribution in [3.63, 3.8) is 0 Å². The maximum Gasteiger partial charge on any atom is 0.573 e. The molecule has 0 amide bonds. The van der Waals surface area contributed by atoms with Crippen molar-refractivity contribution in [3.05, 3.63) is 24.3 Å². The van der Waals surface area contributed by atoms with Crippen LogP contribution in [0.2, 0.25) is 0 Å². The summed E-state index contributed by atoms with van der Waals surface area (Å²) >= 11 is 0. The fourth-order valence-corrected chi connectivity index (χ4v) is 1.86. The van der Waals surface area contributed by atoms with Crippen molar-refractivity contribution < 1.29 is 22.6 Å². The van der Waals surface area contributed by atoms with Crippen molar-refractivity contribution in [1.82, 2.24) is 5.32 Å². The summed E-state index contributed by atoms with van der Waals surface area (Å²) in [5.74, 6) is -0.168. The second-order valence-corrected chi connectivity index (χ2v) is 4.08. The molecule has 1 aliphatic rings. The van der Waals surface area contributed by atoms with Gasteiger partial charge in [0.15, 0.2) is 11.5 Å². The van der Waals surface area contributed by atoms with E-state index in [1.807, 2.05) is 0 Å². The van der Waals surface area contributed by atoms with Gasteiger partial charge < -0.3 is 14.8 Å². The van der Waals surface area contributed by atoms with Crippen LogP contribution >= 0.6 is 0 Å². The molecule has 6 heteroatoms. The second-order valence-electron chi connectivity index (χ2n) is 4.08. The van der Waals surface area contributed by atoms with Gasteiger partial charge in [-0.3, -0.25) is 0 Å². The van der Waals surface area contributed by atoms with Crippen molar-refractivity contribution in [1.29, 1.82) is 0 Å². The third-order valence-corrected chi connectivity index (χ3v) is 2.62. The average molecular weight is 261 g/mol. The van der Waals surface area contributed by atoms with Gasteiger partial charge in [-0.1, -0.05) is 12.1 Å². The first-order valence-corrected chi connectivity index (χ1v) is 5.77. The van der Waals surface area contributed by atoms with Crippen LogP contribution in [-0.2, 0) is 0 Å². The molecular weight excluding hydrogens is 247 g/mol. The van der Waals surface area contributed by atoms with E-state index in [1.165, 1.54) is 18.2 Å². The molecule has 1 saturated heterocycles. The van der Waals surface area contributed by atoms with Gasteiger partial charge >= 0.3 is 6.36 Å². The van der Waals surface area contributed by atoms with Crippen LogP contribution in [0.15, 0.2) is 24.3 Å². The van der Waals surface area contributed by atoms with E-state index < -0.39 is 6.36 Å². The van der Waals surface area contributed by atoms with Gasteiger partial charge in [0.2, 0.25) is 0 Å². The molecule has 1 unspecified atom stereocenters. The Labute approximate surface area is 103 Å².